The molecule has 0 bridgehead atoms. The first-order chi connectivity index (χ1) is 26.9. The number of hydrogen-bond donors (Lipinski definition) is 2. The number of para-hydroxylation sites is 1. The van der Waals surface area contributed by atoms with E-state index in [4.69, 9.17) is 19.6 Å². The highest BCUT2D eigenvalue weighted by molar-refractivity contribution is 7.22. The number of rotatable bonds is 12. The number of likely N-dealkylation sites (tertiary alicyclic amines) is 1. The number of esters is 1. The lowest BCUT2D eigenvalue weighted by Gasteiger charge is -2.31. The van der Waals surface area contributed by atoms with E-state index in [1.807, 2.05) is 46.2 Å². The van der Waals surface area contributed by atoms with Gasteiger partial charge in [0.2, 0.25) is 0 Å². The zero-order valence-corrected chi connectivity index (χ0v) is 32.7. The fourth-order valence-electron chi connectivity index (χ4n) is 7.39. The number of halogens is 1. The van der Waals surface area contributed by atoms with Crippen molar-refractivity contribution < 1.29 is 33.4 Å². The molecule has 1 fully saturated rings. The van der Waals surface area contributed by atoms with E-state index in [0.717, 1.165) is 60.1 Å². The predicted molar refractivity (Wildman–Crippen MR) is 215 cm³/mol. The lowest BCUT2D eigenvalue weighted by atomic mass is 9.92. The van der Waals surface area contributed by atoms with Gasteiger partial charge in [-0.3, -0.25) is 19.8 Å². The summed E-state index contributed by atoms with van der Waals surface area (Å²) in [7, 11) is 0. The maximum absolute atomic E-state index is 15.8. The number of fused-ring (bicyclic) bond motifs is 2. The normalized spacial score (nSPS) is 15.0. The predicted octanol–water partition coefficient (Wildman–Crippen LogP) is 8.22. The largest absolute Gasteiger partial charge is 0.493 e. The van der Waals surface area contributed by atoms with Crippen LogP contribution < -0.4 is 15.0 Å². The van der Waals surface area contributed by atoms with Crippen LogP contribution in [-0.2, 0) is 22.5 Å². The van der Waals surface area contributed by atoms with E-state index in [1.165, 1.54) is 17.4 Å². The molecule has 0 atom stereocenters. The number of hydrogen-bond acceptors (Lipinski definition) is 10. The van der Waals surface area contributed by atoms with Crippen LogP contribution in [0.2, 0.25) is 0 Å². The van der Waals surface area contributed by atoms with Gasteiger partial charge in [0, 0.05) is 35.8 Å². The Morgan fingerprint density at radius 2 is 1.75 bits per heavy atom. The number of benzene rings is 3. The topological polar surface area (TPSA) is 134 Å². The number of piperidine rings is 1. The van der Waals surface area contributed by atoms with Gasteiger partial charge in [-0.25, -0.2) is 19.2 Å². The number of thiazole rings is 1. The van der Waals surface area contributed by atoms with Crippen molar-refractivity contribution >= 4 is 50.3 Å². The Hall–Kier alpha value is -5.40. The number of aromatic nitrogens is 2. The van der Waals surface area contributed by atoms with E-state index in [0.29, 0.717) is 59.9 Å². The monoisotopic (exact) mass is 779 g/mol. The number of pyridine rings is 1. The van der Waals surface area contributed by atoms with Crippen molar-refractivity contribution in [3.8, 4) is 16.9 Å². The summed E-state index contributed by atoms with van der Waals surface area (Å²) in [5.41, 5.74) is 2.97. The van der Waals surface area contributed by atoms with E-state index in [9.17, 15) is 14.4 Å². The van der Waals surface area contributed by atoms with Gasteiger partial charge in [0.15, 0.2) is 10.8 Å². The first-order valence-corrected chi connectivity index (χ1v) is 19.9. The van der Waals surface area contributed by atoms with Gasteiger partial charge in [-0.15, -0.1) is 0 Å². The Bertz CT molecular complexity index is 2210. The van der Waals surface area contributed by atoms with E-state index < -0.39 is 23.4 Å². The maximum Gasteiger partial charge on any atom is 0.358 e. The van der Waals surface area contributed by atoms with Crippen LogP contribution in [0, 0.1) is 11.7 Å². The fourth-order valence-corrected chi connectivity index (χ4v) is 8.26. The number of carboxylic acids is 1. The van der Waals surface area contributed by atoms with E-state index in [2.05, 4.69) is 10.3 Å². The van der Waals surface area contributed by atoms with Crippen molar-refractivity contribution in [2.75, 3.05) is 43.0 Å². The molecule has 1 saturated heterocycles. The fraction of sp³-hybridized carbons (Fsp3) is 0.372. The highest BCUT2D eigenvalue weighted by Gasteiger charge is 2.28. The molecule has 3 aromatic carbocycles. The minimum Gasteiger partial charge on any atom is -0.493 e. The van der Waals surface area contributed by atoms with E-state index in [1.54, 1.807) is 51.1 Å². The highest BCUT2D eigenvalue weighted by Crippen LogP contribution is 2.34. The summed E-state index contributed by atoms with van der Waals surface area (Å²) in [4.78, 5) is 51.6. The summed E-state index contributed by atoms with van der Waals surface area (Å²) >= 11 is 1.42. The molecule has 4 heterocycles. The Balaban J connectivity index is 1.06. The van der Waals surface area contributed by atoms with Gasteiger partial charge in [-0.2, -0.15) is 0 Å². The molecule has 2 N–H and O–H groups in total. The SMILES string of the molecule is CC(C)(C)OC(=O)c1nc(N2CCc3cccc(C(=O)Nc4nc5ccccc5s4)c3C2)ccc1-c1ccc(OCCCC2CCN(CC(=O)O)CC2)cc1F. The molecule has 2 aromatic heterocycles. The summed E-state index contributed by atoms with van der Waals surface area (Å²) in [6.07, 6.45) is 4.33. The molecule has 0 aliphatic carbocycles. The van der Waals surface area contributed by atoms with Crippen LogP contribution in [0.1, 0.15) is 78.4 Å². The van der Waals surface area contributed by atoms with Crippen LogP contribution in [-0.4, -0.2) is 76.2 Å². The summed E-state index contributed by atoms with van der Waals surface area (Å²) < 4.78 is 28.5. The van der Waals surface area contributed by atoms with Crippen molar-refractivity contribution in [1.29, 1.82) is 0 Å². The molecule has 56 heavy (non-hydrogen) atoms. The molecule has 0 saturated carbocycles. The minimum absolute atomic E-state index is 0.00735. The number of nitrogens with one attached hydrogen (secondary N) is 1. The second-order valence-corrected chi connectivity index (χ2v) is 16.4. The summed E-state index contributed by atoms with van der Waals surface area (Å²) in [6.45, 7) is 8.36. The smallest absolute Gasteiger partial charge is 0.358 e. The van der Waals surface area contributed by atoms with Crippen LogP contribution >= 0.6 is 11.3 Å². The highest BCUT2D eigenvalue weighted by atomic mass is 32.1. The number of carboxylic acid groups (broad SMARTS) is 1. The molecule has 11 nitrogen and oxygen atoms in total. The Morgan fingerprint density at radius 1 is 0.964 bits per heavy atom. The van der Waals surface area contributed by atoms with Crippen LogP contribution in [0.3, 0.4) is 0 Å². The molecule has 1 amide bonds. The maximum atomic E-state index is 15.8. The third kappa shape index (κ3) is 9.34. The van der Waals surface area contributed by atoms with Crippen molar-refractivity contribution in [3.63, 3.8) is 0 Å². The molecule has 7 rings (SSSR count). The van der Waals surface area contributed by atoms with Gasteiger partial charge < -0.3 is 19.5 Å². The summed E-state index contributed by atoms with van der Waals surface area (Å²) in [6, 6.07) is 21.5. The van der Waals surface area contributed by atoms with Crippen molar-refractivity contribution in [3.05, 3.63) is 101 Å². The molecule has 2 aliphatic heterocycles. The Kier molecular flexibility index (Phi) is 11.6. The number of amides is 1. The Labute approximate surface area is 329 Å². The number of carbonyl (C=O) groups is 3. The van der Waals surface area contributed by atoms with Gasteiger partial charge in [-0.05, 0) is 125 Å². The van der Waals surface area contributed by atoms with Crippen molar-refractivity contribution in [1.82, 2.24) is 14.9 Å². The summed E-state index contributed by atoms with van der Waals surface area (Å²) in [5.74, 6) is -0.858. The average Bonchev–Trinajstić information content (AvgIpc) is 3.58. The molecule has 0 spiro atoms. The standard InChI is InChI=1S/C43H46FN5O6S/c1-43(2,3)55-41(53)39-31(30-14-13-29(24-34(30)44)54-23-7-8-27-17-20-48(21-18-27)26-38(50)51)15-16-37(46-39)49-22-19-28-9-6-10-32(33(28)25-49)40(52)47-42-45-35-11-4-5-12-36(35)56-42/h4-6,9-16,24,27H,7-8,17-23,25-26H2,1-3H3,(H,50,51)(H,45,47,52). The van der Waals surface area contributed by atoms with Gasteiger partial charge in [0.05, 0.1) is 23.4 Å². The van der Waals surface area contributed by atoms with E-state index in [-0.39, 0.29) is 23.7 Å². The third-order valence-corrected chi connectivity index (χ3v) is 11.1. The molecule has 0 unspecified atom stereocenters. The molecule has 2 aliphatic rings. The van der Waals surface area contributed by atoms with Crippen LogP contribution in [0.15, 0.2) is 72.8 Å². The quantitative estimate of drug-likeness (QED) is 0.0943. The molecule has 0 radical (unpaired) electrons. The average molecular weight is 780 g/mol. The van der Waals surface area contributed by atoms with Crippen LogP contribution in [0.25, 0.3) is 21.3 Å². The molecule has 13 heteroatoms. The second-order valence-electron chi connectivity index (χ2n) is 15.4. The Morgan fingerprint density at radius 3 is 2.50 bits per heavy atom. The summed E-state index contributed by atoms with van der Waals surface area (Å²) in [5, 5.41) is 12.5. The zero-order chi connectivity index (χ0) is 39.4. The number of carbonyl (C=O) groups excluding carboxylic acids is 2. The van der Waals surface area contributed by atoms with Crippen LogP contribution in [0.4, 0.5) is 15.3 Å². The third-order valence-electron chi connectivity index (χ3n) is 10.2. The molecular formula is C43H46FN5O6S. The van der Waals surface area contributed by atoms with Crippen molar-refractivity contribution in [2.24, 2.45) is 5.92 Å². The molecule has 292 valence electrons. The van der Waals surface area contributed by atoms with Gasteiger partial charge in [-0.1, -0.05) is 35.6 Å². The molecule has 5 aromatic rings. The number of nitrogens with zero attached hydrogens (tertiary/aromatic N) is 4. The van der Waals surface area contributed by atoms with Gasteiger partial charge in [0.1, 0.15) is 23.0 Å². The first kappa shape index (κ1) is 38.9. The van der Waals surface area contributed by atoms with E-state index >= 15 is 4.39 Å². The van der Waals surface area contributed by atoms with Crippen molar-refractivity contribution in [2.45, 2.75) is 65.0 Å². The van der Waals surface area contributed by atoms with Gasteiger partial charge in [0.25, 0.3) is 5.91 Å². The lowest BCUT2D eigenvalue weighted by molar-refractivity contribution is -0.138. The first-order valence-electron chi connectivity index (χ1n) is 19.0. The minimum atomic E-state index is -0.812. The van der Waals surface area contributed by atoms with Crippen LogP contribution in [0.5, 0.6) is 5.75 Å². The number of anilines is 2. The number of ether oxygens (including phenoxy) is 2. The second kappa shape index (κ2) is 16.8. The number of aliphatic carboxylic acids is 1. The molecular weight excluding hydrogens is 734 g/mol. The lowest BCUT2D eigenvalue weighted by Crippen LogP contribution is -2.37. The zero-order valence-electron chi connectivity index (χ0n) is 31.8. The van der Waals surface area contributed by atoms with Gasteiger partial charge >= 0.3 is 11.9 Å².